The Morgan fingerprint density at radius 3 is 2.91 bits per heavy atom. The summed E-state index contributed by atoms with van der Waals surface area (Å²) in [6.45, 7) is 0.377. The molecule has 0 aromatic heterocycles. The van der Waals surface area contributed by atoms with Crippen LogP contribution in [-0.2, 0) is 4.74 Å². The molecule has 5 nitrogen and oxygen atoms in total. The number of carbonyl (C=O) groups excluding carboxylic acids is 1. The fourth-order valence-electron chi connectivity index (χ4n) is 1.52. The molecule has 2 aliphatic rings. The van der Waals surface area contributed by atoms with Gasteiger partial charge in [0, 0.05) is 0 Å². The fraction of sp³-hybridized carbons (Fsp3) is 0.833. The standard InChI is InChI=1S/C6H9NO4/c8-4-1-7-3(5(4)9)2-11-6(7)10/h3-5,8-9H,1-2H2/t3-,4+,5+/m1/s1. The van der Waals surface area contributed by atoms with Crippen LogP contribution >= 0.6 is 0 Å². The minimum atomic E-state index is -0.846. The largest absolute Gasteiger partial charge is 0.447 e. The number of ether oxygens (including phenoxy) is 1. The Morgan fingerprint density at radius 2 is 2.27 bits per heavy atom. The summed E-state index contributed by atoms with van der Waals surface area (Å²) in [4.78, 5) is 12.2. The maximum Gasteiger partial charge on any atom is 0.410 e. The summed E-state index contributed by atoms with van der Waals surface area (Å²) in [6.07, 6.45) is -2.10. The van der Waals surface area contributed by atoms with Crippen molar-refractivity contribution in [2.24, 2.45) is 0 Å². The molecule has 2 fully saturated rings. The molecule has 2 rings (SSSR count). The zero-order valence-corrected chi connectivity index (χ0v) is 5.80. The number of hydrogen-bond donors (Lipinski definition) is 2. The SMILES string of the molecule is O=C1OC[C@@H]2[C@H](O)[C@@H](O)CN12. The Bertz CT molecular complexity index is 195. The average molecular weight is 159 g/mol. The molecule has 3 atom stereocenters. The van der Waals surface area contributed by atoms with Crippen molar-refractivity contribution in [2.75, 3.05) is 13.2 Å². The summed E-state index contributed by atoms with van der Waals surface area (Å²) in [5.74, 6) is 0. The second-order valence-corrected chi connectivity index (χ2v) is 2.85. The topological polar surface area (TPSA) is 70.0 Å². The van der Waals surface area contributed by atoms with Gasteiger partial charge in [-0.2, -0.15) is 0 Å². The molecule has 0 bridgehead atoms. The monoisotopic (exact) mass is 159 g/mol. The molecule has 2 saturated heterocycles. The Hall–Kier alpha value is -0.810. The number of rotatable bonds is 0. The second-order valence-electron chi connectivity index (χ2n) is 2.85. The highest BCUT2D eigenvalue weighted by molar-refractivity contribution is 5.70. The van der Waals surface area contributed by atoms with Gasteiger partial charge < -0.3 is 14.9 Å². The van der Waals surface area contributed by atoms with Crippen LogP contribution in [0.1, 0.15) is 0 Å². The van der Waals surface area contributed by atoms with Crippen molar-refractivity contribution < 1.29 is 19.7 Å². The number of carbonyl (C=O) groups is 1. The molecule has 0 saturated carbocycles. The van der Waals surface area contributed by atoms with E-state index in [1.807, 2.05) is 0 Å². The smallest absolute Gasteiger partial charge is 0.410 e. The van der Waals surface area contributed by atoms with E-state index in [1.165, 1.54) is 4.90 Å². The Morgan fingerprint density at radius 1 is 1.55 bits per heavy atom. The highest BCUT2D eigenvalue weighted by Gasteiger charge is 2.47. The molecular weight excluding hydrogens is 150 g/mol. The maximum atomic E-state index is 10.8. The van der Waals surface area contributed by atoms with Gasteiger partial charge in [-0.05, 0) is 0 Å². The fourth-order valence-corrected chi connectivity index (χ4v) is 1.52. The lowest BCUT2D eigenvalue weighted by molar-refractivity contribution is 0.0323. The molecule has 2 N–H and O–H groups in total. The van der Waals surface area contributed by atoms with Gasteiger partial charge in [0.05, 0.1) is 18.7 Å². The lowest BCUT2D eigenvalue weighted by atomic mass is 10.1. The third-order valence-electron chi connectivity index (χ3n) is 2.18. The van der Waals surface area contributed by atoms with Gasteiger partial charge in [0.1, 0.15) is 12.7 Å². The summed E-state index contributed by atoms with van der Waals surface area (Å²) in [7, 11) is 0. The molecule has 0 aromatic carbocycles. The molecule has 11 heavy (non-hydrogen) atoms. The molecule has 2 aliphatic heterocycles. The first-order valence-electron chi connectivity index (χ1n) is 3.49. The van der Waals surface area contributed by atoms with Crippen LogP contribution in [0.5, 0.6) is 0 Å². The number of fused-ring (bicyclic) bond motifs is 1. The Balaban J connectivity index is 2.18. The highest BCUT2D eigenvalue weighted by atomic mass is 16.6. The quantitative estimate of drug-likeness (QED) is 0.453. The van der Waals surface area contributed by atoms with Gasteiger partial charge in [-0.3, -0.25) is 4.90 Å². The van der Waals surface area contributed by atoms with Crippen molar-refractivity contribution in [3.05, 3.63) is 0 Å². The van der Waals surface area contributed by atoms with Crippen molar-refractivity contribution in [3.8, 4) is 0 Å². The van der Waals surface area contributed by atoms with Crippen LogP contribution in [-0.4, -0.2) is 52.6 Å². The van der Waals surface area contributed by atoms with E-state index in [4.69, 9.17) is 5.11 Å². The van der Waals surface area contributed by atoms with Gasteiger partial charge in [-0.25, -0.2) is 4.79 Å². The van der Waals surface area contributed by atoms with Crippen molar-refractivity contribution >= 4 is 6.09 Å². The molecule has 0 aromatic rings. The summed E-state index contributed by atoms with van der Waals surface area (Å²) in [5, 5.41) is 18.4. The van der Waals surface area contributed by atoms with E-state index in [0.717, 1.165) is 0 Å². The first kappa shape index (κ1) is 6.87. The minimum Gasteiger partial charge on any atom is -0.447 e. The third kappa shape index (κ3) is 0.812. The van der Waals surface area contributed by atoms with Crippen molar-refractivity contribution in [1.29, 1.82) is 0 Å². The van der Waals surface area contributed by atoms with E-state index in [-0.39, 0.29) is 19.2 Å². The molecule has 62 valence electrons. The van der Waals surface area contributed by atoms with Crippen LogP contribution in [0.25, 0.3) is 0 Å². The van der Waals surface area contributed by atoms with Crippen LogP contribution in [0.4, 0.5) is 4.79 Å². The molecule has 0 aliphatic carbocycles. The third-order valence-corrected chi connectivity index (χ3v) is 2.18. The van der Waals surface area contributed by atoms with E-state index in [1.54, 1.807) is 0 Å². The van der Waals surface area contributed by atoms with E-state index in [0.29, 0.717) is 0 Å². The van der Waals surface area contributed by atoms with Crippen LogP contribution < -0.4 is 0 Å². The minimum absolute atomic E-state index is 0.185. The maximum absolute atomic E-state index is 10.8. The van der Waals surface area contributed by atoms with E-state index in [2.05, 4.69) is 4.74 Å². The molecule has 2 heterocycles. The summed E-state index contributed by atoms with van der Waals surface area (Å²) in [5.41, 5.74) is 0. The number of hydrogen-bond acceptors (Lipinski definition) is 4. The number of amides is 1. The van der Waals surface area contributed by atoms with Crippen molar-refractivity contribution in [3.63, 3.8) is 0 Å². The van der Waals surface area contributed by atoms with Crippen molar-refractivity contribution in [1.82, 2.24) is 4.90 Å². The zero-order chi connectivity index (χ0) is 8.01. The Kier molecular flexibility index (Phi) is 1.30. The molecule has 0 unspecified atom stereocenters. The first-order chi connectivity index (χ1) is 5.20. The summed E-state index contributed by atoms with van der Waals surface area (Å²) < 4.78 is 4.65. The lowest BCUT2D eigenvalue weighted by Crippen LogP contribution is -2.33. The predicted molar refractivity (Wildman–Crippen MR) is 33.9 cm³/mol. The van der Waals surface area contributed by atoms with Gasteiger partial charge >= 0.3 is 6.09 Å². The average Bonchev–Trinajstić information content (AvgIpc) is 2.43. The molecule has 0 spiro atoms. The van der Waals surface area contributed by atoms with Gasteiger partial charge in [-0.1, -0.05) is 0 Å². The molecule has 5 heteroatoms. The van der Waals surface area contributed by atoms with Crippen LogP contribution in [0.3, 0.4) is 0 Å². The van der Waals surface area contributed by atoms with E-state index in [9.17, 15) is 9.90 Å². The summed E-state index contributed by atoms with van der Waals surface area (Å²) >= 11 is 0. The van der Waals surface area contributed by atoms with E-state index >= 15 is 0 Å². The number of cyclic esters (lactones) is 1. The summed E-state index contributed by atoms with van der Waals surface area (Å²) in [6, 6.07) is -0.336. The van der Waals surface area contributed by atoms with Crippen LogP contribution in [0.2, 0.25) is 0 Å². The highest BCUT2D eigenvalue weighted by Crippen LogP contribution is 2.24. The van der Waals surface area contributed by atoms with Crippen LogP contribution in [0, 0.1) is 0 Å². The molecule has 0 radical (unpaired) electrons. The molecular formula is C6H9NO4. The lowest BCUT2D eigenvalue weighted by Gasteiger charge is -2.11. The van der Waals surface area contributed by atoms with Crippen molar-refractivity contribution in [2.45, 2.75) is 18.2 Å². The number of aliphatic hydroxyl groups is 2. The van der Waals surface area contributed by atoms with Gasteiger partial charge in [0.2, 0.25) is 0 Å². The zero-order valence-electron chi connectivity index (χ0n) is 5.80. The van der Waals surface area contributed by atoms with E-state index < -0.39 is 18.3 Å². The second kappa shape index (κ2) is 2.09. The van der Waals surface area contributed by atoms with Gasteiger partial charge in [0.25, 0.3) is 0 Å². The predicted octanol–water partition coefficient (Wildman–Crippen LogP) is -1.46. The van der Waals surface area contributed by atoms with Crippen LogP contribution in [0.15, 0.2) is 0 Å². The normalized spacial score (nSPS) is 42.5. The number of aliphatic hydroxyl groups excluding tert-OH is 2. The van der Waals surface area contributed by atoms with Gasteiger partial charge in [-0.15, -0.1) is 0 Å². The Labute approximate surface area is 63.2 Å². The first-order valence-corrected chi connectivity index (χ1v) is 3.49. The molecule has 1 amide bonds. The number of nitrogens with zero attached hydrogens (tertiary/aromatic N) is 1. The van der Waals surface area contributed by atoms with Gasteiger partial charge in [0.15, 0.2) is 0 Å².